The number of nitrogens with two attached hydrogens (primary N) is 1. The van der Waals surface area contributed by atoms with Crippen LogP contribution in [0.4, 0.5) is 4.79 Å². The van der Waals surface area contributed by atoms with Crippen molar-refractivity contribution in [3.8, 4) is 0 Å². The van der Waals surface area contributed by atoms with Gasteiger partial charge in [0.2, 0.25) is 5.91 Å². The Bertz CT molecular complexity index is 278. The Hall–Kier alpha value is -0.570. The standard InChI is InChI=1S/C10H19IN2O4/c1-10(2,3)17-9(15)13(11)7(8(12)14)5-6-16-4/h7H,5-6H2,1-4H3,(H2,12,14)/t7-/m0/s1. The first-order valence-corrected chi connectivity index (χ1v) is 6.11. The van der Waals surface area contributed by atoms with Crippen LogP contribution in [0.1, 0.15) is 27.2 Å². The van der Waals surface area contributed by atoms with Crippen molar-refractivity contribution in [1.82, 2.24) is 3.11 Å². The number of rotatable bonds is 5. The van der Waals surface area contributed by atoms with Crippen LogP contribution in [0.3, 0.4) is 0 Å². The van der Waals surface area contributed by atoms with E-state index in [9.17, 15) is 9.59 Å². The second-order valence-corrected chi connectivity index (χ2v) is 5.53. The van der Waals surface area contributed by atoms with Gasteiger partial charge >= 0.3 is 6.09 Å². The molecule has 17 heavy (non-hydrogen) atoms. The van der Waals surface area contributed by atoms with Gasteiger partial charge < -0.3 is 15.2 Å². The van der Waals surface area contributed by atoms with E-state index >= 15 is 0 Å². The van der Waals surface area contributed by atoms with E-state index in [1.807, 2.05) is 0 Å². The van der Waals surface area contributed by atoms with Crippen molar-refractivity contribution in [2.45, 2.75) is 38.8 Å². The molecule has 0 heterocycles. The number of halogens is 1. The highest BCUT2D eigenvalue weighted by atomic mass is 127. The molecular weight excluding hydrogens is 339 g/mol. The van der Waals surface area contributed by atoms with E-state index < -0.39 is 23.6 Å². The van der Waals surface area contributed by atoms with E-state index in [2.05, 4.69) is 0 Å². The summed E-state index contributed by atoms with van der Waals surface area (Å²) in [6.45, 7) is 5.60. The fourth-order valence-corrected chi connectivity index (χ4v) is 1.68. The van der Waals surface area contributed by atoms with Crippen molar-refractivity contribution < 1.29 is 19.1 Å². The highest BCUT2D eigenvalue weighted by Crippen LogP contribution is 2.17. The Labute approximate surface area is 115 Å². The van der Waals surface area contributed by atoms with Gasteiger partial charge in [-0.1, -0.05) is 0 Å². The van der Waals surface area contributed by atoms with Crippen molar-refractivity contribution >= 4 is 34.9 Å². The van der Waals surface area contributed by atoms with Gasteiger partial charge in [-0.3, -0.25) is 4.79 Å². The fourth-order valence-electron chi connectivity index (χ4n) is 1.03. The summed E-state index contributed by atoms with van der Waals surface area (Å²) in [4.78, 5) is 22.9. The van der Waals surface area contributed by atoms with Gasteiger partial charge in [0.05, 0.1) is 22.9 Å². The summed E-state index contributed by atoms with van der Waals surface area (Å²) in [5, 5.41) is 0. The third kappa shape index (κ3) is 6.67. The molecule has 0 spiro atoms. The number of ether oxygens (including phenoxy) is 2. The van der Waals surface area contributed by atoms with Gasteiger partial charge in [-0.25, -0.2) is 7.91 Å². The van der Waals surface area contributed by atoms with E-state index in [0.29, 0.717) is 13.0 Å². The first-order valence-electron chi connectivity index (χ1n) is 5.15. The van der Waals surface area contributed by atoms with Gasteiger partial charge in [0.25, 0.3) is 0 Å². The maximum Gasteiger partial charge on any atom is 0.419 e. The zero-order valence-electron chi connectivity index (χ0n) is 10.5. The Kier molecular flexibility index (Phi) is 6.76. The van der Waals surface area contributed by atoms with Crippen LogP contribution in [-0.2, 0) is 14.3 Å². The number of carbonyl (C=O) groups is 2. The van der Waals surface area contributed by atoms with Gasteiger partial charge in [0.1, 0.15) is 11.6 Å². The van der Waals surface area contributed by atoms with Crippen molar-refractivity contribution in [1.29, 1.82) is 0 Å². The number of carbonyl (C=O) groups excluding carboxylic acids is 2. The minimum absolute atomic E-state index is 0.341. The quantitative estimate of drug-likeness (QED) is 0.596. The topological polar surface area (TPSA) is 81.9 Å². The molecule has 0 saturated heterocycles. The third-order valence-electron chi connectivity index (χ3n) is 1.77. The molecule has 0 bridgehead atoms. The highest BCUT2D eigenvalue weighted by Gasteiger charge is 2.29. The van der Waals surface area contributed by atoms with E-state index in [4.69, 9.17) is 15.2 Å². The summed E-state index contributed by atoms with van der Waals surface area (Å²) in [5.74, 6) is -0.581. The van der Waals surface area contributed by atoms with Crippen LogP contribution in [-0.4, -0.2) is 40.5 Å². The van der Waals surface area contributed by atoms with Crippen molar-refractivity contribution in [2.24, 2.45) is 5.73 Å². The molecule has 0 aromatic carbocycles. The number of hydrogen-bond donors (Lipinski definition) is 1. The van der Waals surface area contributed by atoms with Crippen molar-refractivity contribution in [2.75, 3.05) is 13.7 Å². The minimum atomic E-state index is -0.731. The smallest absolute Gasteiger partial charge is 0.419 e. The summed E-state index contributed by atoms with van der Waals surface area (Å²) in [5.41, 5.74) is 4.62. The summed E-state index contributed by atoms with van der Waals surface area (Å²) < 4.78 is 11.2. The summed E-state index contributed by atoms with van der Waals surface area (Å²) in [6, 6.07) is -0.731. The average Bonchev–Trinajstić information content (AvgIpc) is 2.14. The molecule has 0 saturated carbocycles. The van der Waals surface area contributed by atoms with Crippen molar-refractivity contribution in [3.63, 3.8) is 0 Å². The third-order valence-corrected chi connectivity index (χ3v) is 2.83. The molecule has 0 fully saturated rings. The summed E-state index contributed by atoms with van der Waals surface area (Å²) in [7, 11) is 1.52. The van der Waals surface area contributed by atoms with E-state index in [0.717, 1.165) is 0 Å². The molecule has 1 atom stereocenters. The first-order chi connectivity index (χ1) is 7.69. The zero-order chi connectivity index (χ0) is 13.6. The second-order valence-electron chi connectivity index (χ2n) is 4.49. The van der Waals surface area contributed by atoms with Crippen LogP contribution in [0.15, 0.2) is 0 Å². The lowest BCUT2D eigenvalue weighted by Crippen LogP contribution is -2.44. The SMILES string of the molecule is COCC[C@@H](C(N)=O)N(I)C(=O)OC(C)(C)C. The minimum Gasteiger partial charge on any atom is -0.443 e. The Morgan fingerprint density at radius 3 is 2.29 bits per heavy atom. The van der Waals surface area contributed by atoms with Gasteiger partial charge in [0.15, 0.2) is 0 Å². The molecule has 0 unspecified atom stereocenters. The fraction of sp³-hybridized carbons (Fsp3) is 0.800. The number of nitrogens with zero attached hydrogens (tertiary/aromatic N) is 1. The lowest BCUT2D eigenvalue weighted by Gasteiger charge is -2.27. The Morgan fingerprint density at radius 1 is 1.41 bits per heavy atom. The van der Waals surface area contributed by atoms with Crippen LogP contribution in [0.2, 0.25) is 0 Å². The maximum atomic E-state index is 11.7. The lowest BCUT2D eigenvalue weighted by atomic mass is 10.2. The molecule has 0 aromatic rings. The Morgan fingerprint density at radius 2 is 1.94 bits per heavy atom. The van der Waals surface area contributed by atoms with Crippen LogP contribution < -0.4 is 5.73 Å². The van der Waals surface area contributed by atoms with Gasteiger partial charge in [-0.05, 0) is 20.8 Å². The zero-order valence-corrected chi connectivity index (χ0v) is 12.7. The number of methoxy groups -OCH3 is 1. The number of hydrogen-bond acceptors (Lipinski definition) is 4. The molecule has 6 nitrogen and oxygen atoms in total. The summed E-state index contributed by atoms with van der Waals surface area (Å²) >= 11 is 1.73. The predicted molar refractivity (Wildman–Crippen MR) is 71.6 cm³/mol. The normalized spacial score (nSPS) is 13.0. The molecule has 0 aliphatic carbocycles. The van der Waals surface area contributed by atoms with Crippen molar-refractivity contribution in [3.05, 3.63) is 0 Å². The molecule has 7 heteroatoms. The Balaban J connectivity index is 4.55. The van der Waals surface area contributed by atoms with Crippen LogP contribution in [0.25, 0.3) is 0 Å². The average molecular weight is 358 g/mol. The lowest BCUT2D eigenvalue weighted by molar-refractivity contribution is -0.121. The van der Waals surface area contributed by atoms with Crippen LogP contribution in [0, 0.1) is 0 Å². The molecule has 0 rings (SSSR count). The monoisotopic (exact) mass is 358 g/mol. The van der Waals surface area contributed by atoms with Crippen LogP contribution >= 0.6 is 22.9 Å². The first kappa shape index (κ1) is 16.4. The van der Waals surface area contributed by atoms with Crippen LogP contribution in [0.5, 0.6) is 0 Å². The van der Waals surface area contributed by atoms with E-state index in [-0.39, 0.29) is 0 Å². The number of primary amides is 1. The highest BCUT2D eigenvalue weighted by molar-refractivity contribution is 14.1. The predicted octanol–water partition coefficient (Wildman–Crippen LogP) is 1.46. The molecule has 2 N–H and O–H groups in total. The molecule has 100 valence electrons. The van der Waals surface area contributed by atoms with Gasteiger partial charge in [-0.2, -0.15) is 0 Å². The van der Waals surface area contributed by atoms with E-state index in [1.165, 1.54) is 10.2 Å². The largest absolute Gasteiger partial charge is 0.443 e. The molecule has 0 radical (unpaired) electrons. The molecule has 0 aliphatic rings. The van der Waals surface area contributed by atoms with E-state index in [1.54, 1.807) is 43.6 Å². The van der Waals surface area contributed by atoms with Gasteiger partial charge in [-0.15, -0.1) is 0 Å². The molecule has 0 aliphatic heterocycles. The summed E-state index contributed by atoms with van der Waals surface area (Å²) in [6.07, 6.45) is -0.244. The maximum absolute atomic E-state index is 11.7. The molecular formula is C10H19IN2O4. The van der Waals surface area contributed by atoms with Gasteiger partial charge in [0, 0.05) is 20.1 Å². The molecule has 2 amide bonds. The number of amides is 2. The molecule has 0 aromatic heterocycles. The second kappa shape index (κ2) is 7.00.